The van der Waals surface area contributed by atoms with Gasteiger partial charge in [0.05, 0.1) is 0 Å². The monoisotopic (exact) mass is 158 g/mol. The summed E-state index contributed by atoms with van der Waals surface area (Å²) in [5, 5.41) is 8.58. The van der Waals surface area contributed by atoms with Crippen molar-refractivity contribution in [2.75, 3.05) is 0 Å². The SMILES string of the molecule is C=C(OC=O)C(C)(C)C(=O)O. The van der Waals surface area contributed by atoms with Crippen LogP contribution in [0, 0.1) is 5.41 Å². The summed E-state index contributed by atoms with van der Waals surface area (Å²) in [6, 6.07) is 0. The number of hydrogen-bond donors (Lipinski definition) is 1. The molecular weight excluding hydrogens is 148 g/mol. The number of carboxylic acid groups (broad SMARTS) is 1. The number of carboxylic acids is 1. The number of carbonyl (C=O) groups is 2. The van der Waals surface area contributed by atoms with Gasteiger partial charge in [0.25, 0.3) is 6.47 Å². The number of ether oxygens (including phenoxy) is 1. The highest BCUT2D eigenvalue weighted by Gasteiger charge is 2.32. The van der Waals surface area contributed by atoms with Crippen molar-refractivity contribution in [3.63, 3.8) is 0 Å². The second-order valence-corrected chi connectivity index (χ2v) is 2.57. The van der Waals surface area contributed by atoms with Gasteiger partial charge in [-0.15, -0.1) is 0 Å². The summed E-state index contributed by atoms with van der Waals surface area (Å²) < 4.78 is 4.31. The first-order valence-corrected chi connectivity index (χ1v) is 2.96. The molecule has 0 radical (unpaired) electrons. The van der Waals surface area contributed by atoms with Gasteiger partial charge in [-0.25, -0.2) is 0 Å². The van der Waals surface area contributed by atoms with Gasteiger partial charge >= 0.3 is 5.97 Å². The van der Waals surface area contributed by atoms with E-state index in [0.717, 1.165) is 0 Å². The summed E-state index contributed by atoms with van der Waals surface area (Å²) in [5.41, 5.74) is -1.22. The molecule has 4 heteroatoms. The molecule has 0 saturated carbocycles. The molecule has 0 spiro atoms. The Kier molecular flexibility index (Phi) is 2.80. The molecule has 0 aliphatic heterocycles. The van der Waals surface area contributed by atoms with Crippen molar-refractivity contribution in [1.82, 2.24) is 0 Å². The van der Waals surface area contributed by atoms with Gasteiger partial charge in [-0.3, -0.25) is 9.59 Å². The zero-order chi connectivity index (χ0) is 9.07. The summed E-state index contributed by atoms with van der Waals surface area (Å²) in [5.74, 6) is -1.15. The first-order chi connectivity index (χ1) is 4.92. The van der Waals surface area contributed by atoms with Crippen molar-refractivity contribution in [2.45, 2.75) is 13.8 Å². The van der Waals surface area contributed by atoms with E-state index < -0.39 is 11.4 Å². The predicted molar refractivity (Wildman–Crippen MR) is 37.7 cm³/mol. The maximum Gasteiger partial charge on any atom is 0.316 e. The van der Waals surface area contributed by atoms with Crippen LogP contribution in [-0.2, 0) is 14.3 Å². The Balaban J connectivity index is 4.41. The second kappa shape index (κ2) is 3.18. The lowest BCUT2D eigenvalue weighted by molar-refractivity contribution is -0.147. The number of hydrogen-bond acceptors (Lipinski definition) is 3. The molecule has 0 fully saturated rings. The molecule has 62 valence electrons. The number of aliphatic carboxylic acids is 1. The lowest BCUT2D eigenvalue weighted by Crippen LogP contribution is -2.26. The van der Waals surface area contributed by atoms with Crippen LogP contribution in [0.5, 0.6) is 0 Å². The molecule has 0 saturated heterocycles. The zero-order valence-corrected chi connectivity index (χ0v) is 6.46. The van der Waals surface area contributed by atoms with Crippen LogP contribution in [0.3, 0.4) is 0 Å². The predicted octanol–water partition coefficient (Wildman–Crippen LogP) is 0.784. The molecule has 0 amide bonds. The van der Waals surface area contributed by atoms with E-state index in [0.29, 0.717) is 0 Å². The highest BCUT2D eigenvalue weighted by atomic mass is 16.5. The topological polar surface area (TPSA) is 63.6 Å². The van der Waals surface area contributed by atoms with Gasteiger partial charge in [-0.2, -0.15) is 0 Å². The zero-order valence-electron chi connectivity index (χ0n) is 6.46. The van der Waals surface area contributed by atoms with E-state index in [-0.39, 0.29) is 12.2 Å². The quantitative estimate of drug-likeness (QED) is 0.485. The Morgan fingerprint density at radius 3 is 2.36 bits per heavy atom. The van der Waals surface area contributed by atoms with E-state index in [2.05, 4.69) is 11.3 Å². The minimum atomic E-state index is -1.22. The number of carbonyl (C=O) groups excluding carboxylic acids is 1. The Hall–Kier alpha value is -1.32. The Morgan fingerprint density at radius 1 is 1.64 bits per heavy atom. The standard InChI is InChI=1S/C7H10O4/c1-5(11-4-8)7(2,3)6(9)10/h4H,1H2,2-3H3,(H,9,10). The van der Waals surface area contributed by atoms with Crippen LogP contribution in [0.1, 0.15) is 13.8 Å². The smallest absolute Gasteiger partial charge is 0.316 e. The fourth-order valence-corrected chi connectivity index (χ4v) is 0.325. The van der Waals surface area contributed by atoms with Gasteiger partial charge in [0.15, 0.2) is 0 Å². The maximum atomic E-state index is 10.5. The molecule has 0 atom stereocenters. The normalized spacial score (nSPS) is 10.4. The molecule has 4 nitrogen and oxygen atoms in total. The van der Waals surface area contributed by atoms with E-state index >= 15 is 0 Å². The van der Waals surface area contributed by atoms with Crippen molar-refractivity contribution < 1.29 is 19.4 Å². The average Bonchev–Trinajstić information content (AvgIpc) is 1.88. The molecule has 0 aromatic rings. The van der Waals surface area contributed by atoms with Gasteiger partial charge in [0.1, 0.15) is 11.2 Å². The summed E-state index contributed by atoms with van der Waals surface area (Å²) in [7, 11) is 0. The molecule has 11 heavy (non-hydrogen) atoms. The van der Waals surface area contributed by atoms with Crippen LogP contribution in [0.2, 0.25) is 0 Å². The Morgan fingerprint density at radius 2 is 2.09 bits per heavy atom. The fraction of sp³-hybridized carbons (Fsp3) is 0.429. The third-order valence-electron chi connectivity index (χ3n) is 1.42. The summed E-state index contributed by atoms with van der Waals surface area (Å²) in [6.07, 6.45) is 0. The molecule has 0 rings (SSSR count). The Bertz CT molecular complexity index is 193. The first kappa shape index (κ1) is 9.68. The first-order valence-electron chi connectivity index (χ1n) is 2.96. The van der Waals surface area contributed by atoms with Gasteiger partial charge in [0, 0.05) is 0 Å². The molecule has 0 heterocycles. The Labute approximate surface area is 64.5 Å². The third-order valence-corrected chi connectivity index (χ3v) is 1.42. The van der Waals surface area contributed by atoms with Gasteiger partial charge in [0.2, 0.25) is 0 Å². The lowest BCUT2D eigenvalue weighted by Gasteiger charge is -2.18. The van der Waals surface area contributed by atoms with Crippen molar-refractivity contribution in [3.05, 3.63) is 12.3 Å². The van der Waals surface area contributed by atoms with E-state index in [1.54, 1.807) is 0 Å². The van der Waals surface area contributed by atoms with E-state index in [4.69, 9.17) is 5.11 Å². The van der Waals surface area contributed by atoms with Crippen LogP contribution in [0.25, 0.3) is 0 Å². The lowest BCUT2D eigenvalue weighted by atomic mass is 9.92. The van der Waals surface area contributed by atoms with Gasteiger partial charge in [-0.1, -0.05) is 6.58 Å². The van der Waals surface area contributed by atoms with Crippen molar-refractivity contribution in [2.24, 2.45) is 5.41 Å². The average molecular weight is 158 g/mol. The fourth-order valence-electron chi connectivity index (χ4n) is 0.325. The van der Waals surface area contributed by atoms with Crippen LogP contribution in [-0.4, -0.2) is 17.5 Å². The van der Waals surface area contributed by atoms with Crippen molar-refractivity contribution in [1.29, 1.82) is 0 Å². The van der Waals surface area contributed by atoms with Crippen molar-refractivity contribution in [3.8, 4) is 0 Å². The van der Waals surface area contributed by atoms with Crippen LogP contribution in [0.4, 0.5) is 0 Å². The second-order valence-electron chi connectivity index (χ2n) is 2.57. The van der Waals surface area contributed by atoms with E-state index in [1.807, 2.05) is 0 Å². The summed E-state index contributed by atoms with van der Waals surface area (Å²) in [4.78, 5) is 20.3. The van der Waals surface area contributed by atoms with Gasteiger partial charge in [-0.05, 0) is 13.8 Å². The molecular formula is C7H10O4. The molecule has 0 unspecified atom stereocenters. The molecule has 0 aromatic carbocycles. The summed E-state index contributed by atoms with van der Waals surface area (Å²) >= 11 is 0. The van der Waals surface area contributed by atoms with E-state index in [1.165, 1.54) is 13.8 Å². The molecule has 0 aliphatic rings. The summed E-state index contributed by atoms with van der Waals surface area (Å²) in [6.45, 7) is 6.27. The molecule has 0 aliphatic carbocycles. The van der Waals surface area contributed by atoms with Crippen LogP contribution < -0.4 is 0 Å². The third kappa shape index (κ3) is 2.07. The molecule has 1 N–H and O–H groups in total. The largest absolute Gasteiger partial charge is 0.481 e. The van der Waals surface area contributed by atoms with Crippen LogP contribution >= 0.6 is 0 Å². The molecule has 0 aromatic heterocycles. The van der Waals surface area contributed by atoms with E-state index in [9.17, 15) is 9.59 Å². The minimum absolute atomic E-state index is 0.0694. The highest BCUT2D eigenvalue weighted by Crippen LogP contribution is 2.24. The van der Waals surface area contributed by atoms with Crippen LogP contribution in [0.15, 0.2) is 12.3 Å². The van der Waals surface area contributed by atoms with Gasteiger partial charge < -0.3 is 9.84 Å². The maximum absolute atomic E-state index is 10.5. The minimum Gasteiger partial charge on any atom is -0.481 e. The molecule has 0 bridgehead atoms. The highest BCUT2D eigenvalue weighted by molar-refractivity contribution is 5.77. The van der Waals surface area contributed by atoms with Crippen molar-refractivity contribution >= 4 is 12.4 Å². The number of rotatable bonds is 4.